The first-order chi connectivity index (χ1) is 13.1. The Morgan fingerprint density at radius 2 is 2.15 bits per heavy atom. The summed E-state index contributed by atoms with van der Waals surface area (Å²) < 4.78 is 6.37. The molecule has 0 spiro atoms. The van der Waals surface area contributed by atoms with E-state index in [0.29, 0.717) is 11.7 Å². The second kappa shape index (κ2) is 7.47. The van der Waals surface area contributed by atoms with Crippen LogP contribution < -0.4 is 5.56 Å². The Morgan fingerprint density at radius 3 is 2.89 bits per heavy atom. The normalized spacial score (nSPS) is 16.4. The van der Waals surface area contributed by atoms with Crippen molar-refractivity contribution in [3.05, 3.63) is 33.4 Å². The third-order valence-corrected chi connectivity index (χ3v) is 6.88. The van der Waals surface area contributed by atoms with Crippen molar-refractivity contribution in [1.29, 1.82) is 0 Å². The Hall–Kier alpha value is -2.13. The lowest BCUT2D eigenvalue weighted by molar-refractivity contribution is -0.125. The van der Waals surface area contributed by atoms with Crippen molar-refractivity contribution in [3.63, 3.8) is 0 Å². The van der Waals surface area contributed by atoms with Crippen molar-refractivity contribution in [1.82, 2.24) is 14.5 Å². The fraction of sp³-hybridized carbons (Fsp3) is 0.444. The van der Waals surface area contributed by atoms with E-state index < -0.39 is 6.09 Å². The molecular formula is C18H19N3O4S2. The SMILES string of the molecule is C=CCn1c(SCC(=O)N2CCOC2=O)nc2sc3c(c2c1=O)CCCC3. The van der Waals surface area contributed by atoms with E-state index in [1.54, 1.807) is 22.0 Å². The molecule has 142 valence electrons. The highest BCUT2D eigenvalue weighted by Gasteiger charge is 2.29. The van der Waals surface area contributed by atoms with Gasteiger partial charge in [-0.25, -0.2) is 14.7 Å². The molecule has 1 aliphatic carbocycles. The first-order valence-corrected chi connectivity index (χ1v) is 10.7. The molecule has 0 atom stereocenters. The van der Waals surface area contributed by atoms with Crippen LogP contribution in [0.25, 0.3) is 10.2 Å². The molecule has 0 radical (unpaired) electrons. The van der Waals surface area contributed by atoms with Crippen LogP contribution in [-0.2, 0) is 28.9 Å². The highest BCUT2D eigenvalue weighted by molar-refractivity contribution is 7.99. The minimum Gasteiger partial charge on any atom is -0.447 e. The molecular weight excluding hydrogens is 386 g/mol. The number of carbonyl (C=O) groups excluding carboxylic acids is 2. The summed E-state index contributed by atoms with van der Waals surface area (Å²) >= 11 is 2.75. The van der Waals surface area contributed by atoms with E-state index in [1.807, 2.05) is 0 Å². The van der Waals surface area contributed by atoms with Crippen LogP contribution in [0.2, 0.25) is 0 Å². The Bertz CT molecular complexity index is 995. The average molecular weight is 406 g/mol. The quantitative estimate of drug-likeness (QED) is 0.432. The van der Waals surface area contributed by atoms with Gasteiger partial charge in [-0.3, -0.25) is 14.2 Å². The van der Waals surface area contributed by atoms with E-state index in [4.69, 9.17) is 4.74 Å². The largest absolute Gasteiger partial charge is 0.447 e. The molecule has 0 N–H and O–H groups in total. The van der Waals surface area contributed by atoms with Gasteiger partial charge in [0.25, 0.3) is 5.56 Å². The average Bonchev–Trinajstić information content (AvgIpc) is 3.25. The Morgan fingerprint density at radius 1 is 1.33 bits per heavy atom. The van der Waals surface area contributed by atoms with Crippen molar-refractivity contribution in [2.75, 3.05) is 18.9 Å². The highest BCUT2D eigenvalue weighted by atomic mass is 32.2. The summed E-state index contributed by atoms with van der Waals surface area (Å²) in [5.74, 6) is -0.317. The van der Waals surface area contributed by atoms with E-state index in [9.17, 15) is 14.4 Å². The van der Waals surface area contributed by atoms with Crippen molar-refractivity contribution in [2.24, 2.45) is 0 Å². The molecule has 2 aromatic rings. The number of ether oxygens (including phenoxy) is 1. The second-order valence-electron chi connectivity index (χ2n) is 6.44. The van der Waals surface area contributed by atoms with Gasteiger partial charge in [-0.15, -0.1) is 17.9 Å². The van der Waals surface area contributed by atoms with Crippen molar-refractivity contribution < 1.29 is 14.3 Å². The lowest BCUT2D eigenvalue weighted by Gasteiger charge is -2.13. The Balaban J connectivity index is 1.68. The lowest BCUT2D eigenvalue weighted by atomic mass is 9.97. The zero-order valence-electron chi connectivity index (χ0n) is 14.7. The maximum Gasteiger partial charge on any atom is 0.416 e. The summed E-state index contributed by atoms with van der Waals surface area (Å²) in [5.41, 5.74) is 1.07. The second-order valence-corrected chi connectivity index (χ2v) is 8.46. The van der Waals surface area contributed by atoms with Gasteiger partial charge in [0.05, 0.1) is 17.7 Å². The van der Waals surface area contributed by atoms with Crippen LogP contribution in [0.3, 0.4) is 0 Å². The van der Waals surface area contributed by atoms with Gasteiger partial charge in [0, 0.05) is 11.4 Å². The first kappa shape index (κ1) is 18.2. The van der Waals surface area contributed by atoms with E-state index in [0.717, 1.165) is 46.4 Å². The predicted molar refractivity (Wildman–Crippen MR) is 105 cm³/mol. The van der Waals surface area contributed by atoms with Crippen LogP contribution in [0.15, 0.2) is 22.6 Å². The number of cyclic esters (lactones) is 1. The number of aromatic nitrogens is 2. The minimum absolute atomic E-state index is 0.0231. The number of rotatable bonds is 5. The maximum atomic E-state index is 13.1. The van der Waals surface area contributed by atoms with Crippen LogP contribution in [0.5, 0.6) is 0 Å². The monoisotopic (exact) mass is 405 g/mol. The van der Waals surface area contributed by atoms with Gasteiger partial charge in [0.1, 0.15) is 11.4 Å². The number of allylic oxidation sites excluding steroid dienone is 1. The van der Waals surface area contributed by atoms with Crippen LogP contribution in [-0.4, -0.2) is 45.4 Å². The van der Waals surface area contributed by atoms with Crippen molar-refractivity contribution in [3.8, 4) is 0 Å². The summed E-state index contributed by atoms with van der Waals surface area (Å²) in [5, 5.41) is 1.20. The molecule has 7 nitrogen and oxygen atoms in total. The van der Waals surface area contributed by atoms with E-state index in [2.05, 4.69) is 11.6 Å². The zero-order valence-corrected chi connectivity index (χ0v) is 16.4. The van der Waals surface area contributed by atoms with Crippen LogP contribution in [0, 0.1) is 0 Å². The third-order valence-electron chi connectivity index (χ3n) is 4.74. The number of thiophene rings is 1. The molecule has 2 aromatic heterocycles. The summed E-state index contributed by atoms with van der Waals surface area (Å²) in [6.07, 6.45) is 5.19. The Kier molecular flexibility index (Phi) is 5.05. The number of thioether (sulfide) groups is 1. The minimum atomic E-state index is -0.613. The highest BCUT2D eigenvalue weighted by Crippen LogP contribution is 2.34. The molecule has 4 rings (SSSR count). The van der Waals surface area contributed by atoms with Gasteiger partial charge in [-0.2, -0.15) is 0 Å². The molecule has 0 aromatic carbocycles. The topological polar surface area (TPSA) is 81.5 Å². The smallest absolute Gasteiger partial charge is 0.416 e. The fourth-order valence-corrected chi connectivity index (χ4v) is 5.63. The number of carbonyl (C=O) groups is 2. The molecule has 1 aliphatic heterocycles. The van der Waals surface area contributed by atoms with Crippen molar-refractivity contribution >= 4 is 45.3 Å². The lowest BCUT2D eigenvalue weighted by Crippen LogP contribution is -2.33. The molecule has 3 heterocycles. The Labute approximate surface area is 164 Å². The van der Waals surface area contributed by atoms with Gasteiger partial charge in [0.2, 0.25) is 5.91 Å². The van der Waals surface area contributed by atoms with E-state index in [-0.39, 0.29) is 30.4 Å². The molecule has 27 heavy (non-hydrogen) atoms. The summed E-state index contributed by atoms with van der Waals surface area (Å²) in [4.78, 5) is 44.7. The van der Waals surface area contributed by atoms with Gasteiger partial charge < -0.3 is 4.74 Å². The van der Waals surface area contributed by atoms with Gasteiger partial charge >= 0.3 is 6.09 Å². The van der Waals surface area contributed by atoms with Gasteiger partial charge in [0.15, 0.2) is 5.16 Å². The number of fused-ring (bicyclic) bond motifs is 3. The number of amides is 2. The standard InChI is InChI=1S/C18H19N3O4S2/c1-2-7-21-16(23)14-11-5-3-4-6-12(11)27-15(14)19-17(21)26-10-13(22)20-8-9-25-18(20)24/h2H,1,3-10H2. The van der Waals surface area contributed by atoms with Crippen LogP contribution in [0.4, 0.5) is 4.79 Å². The molecule has 0 bridgehead atoms. The molecule has 9 heteroatoms. The summed E-state index contributed by atoms with van der Waals surface area (Å²) in [6.45, 7) is 4.55. The number of aryl methyl sites for hydroxylation is 2. The third kappa shape index (κ3) is 3.29. The summed E-state index contributed by atoms with van der Waals surface area (Å²) in [7, 11) is 0. The van der Waals surface area contributed by atoms with Gasteiger partial charge in [-0.1, -0.05) is 17.8 Å². The number of imide groups is 1. The molecule has 1 saturated heterocycles. The first-order valence-electron chi connectivity index (χ1n) is 8.86. The van der Waals surface area contributed by atoms with Crippen molar-refractivity contribution in [2.45, 2.75) is 37.4 Å². The van der Waals surface area contributed by atoms with Crippen LogP contribution >= 0.6 is 23.1 Å². The molecule has 0 unspecified atom stereocenters. The number of nitrogens with zero attached hydrogens (tertiary/aromatic N) is 3. The van der Waals surface area contributed by atoms with Gasteiger partial charge in [-0.05, 0) is 31.2 Å². The number of hydrogen-bond acceptors (Lipinski definition) is 7. The van der Waals surface area contributed by atoms with E-state index in [1.165, 1.54) is 16.6 Å². The molecule has 2 amide bonds. The summed E-state index contributed by atoms with van der Waals surface area (Å²) in [6, 6.07) is 0. The molecule has 1 fully saturated rings. The zero-order chi connectivity index (χ0) is 19.0. The maximum absolute atomic E-state index is 13.1. The molecule has 2 aliphatic rings. The molecule has 0 saturated carbocycles. The van der Waals surface area contributed by atoms with E-state index >= 15 is 0 Å². The predicted octanol–water partition coefficient (Wildman–Crippen LogP) is 2.59. The fourth-order valence-electron chi connectivity index (χ4n) is 3.44. The number of hydrogen-bond donors (Lipinski definition) is 0. The van der Waals surface area contributed by atoms with Crippen LogP contribution in [0.1, 0.15) is 23.3 Å².